The second-order valence-corrected chi connectivity index (χ2v) is 8.01. The largest absolute Gasteiger partial charge is 0.495 e. The van der Waals surface area contributed by atoms with Crippen LogP contribution in [-0.4, -0.2) is 22.8 Å². The highest BCUT2D eigenvalue weighted by Crippen LogP contribution is 2.33. The molecule has 0 bridgehead atoms. The molecule has 28 heavy (non-hydrogen) atoms. The topological polar surface area (TPSA) is 56.1 Å². The fourth-order valence-electron chi connectivity index (χ4n) is 2.88. The Kier molecular flexibility index (Phi) is 5.02. The summed E-state index contributed by atoms with van der Waals surface area (Å²) in [5, 5.41) is 9.57. The van der Waals surface area contributed by atoms with Crippen LogP contribution in [0.3, 0.4) is 0 Å². The Bertz CT molecular complexity index is 1180. The molecular formula is C20H15Cl2N3O2S. The molecule has 0 unspecified atom stereocenters. The first kappa shape index (κ1) is 18.8. The van der Waals surface area contributed by atoms with Gasteiger partial charge in [0.05, 0.1) is 29.1 Å². The number of halogens is 2. The van der Waals surface area contributed by atoms with Gasteiger partial charge in [-0.05, 0) is 55.5 Å². The van der Waals surface area contributed by atoms with E-state index in [9.17, 15) is 4.79 Å². The average molecular weight is 432 g/mol. The summed E-state index contributed by atoms with van der Waals surface area (Å²) in [4.78, 5) is 14.3. The molecule has 2 aromatic heterocycles. The number of rotatable bonds is 4. The Morgan fingerprint density at radius 3 is 2.54 bits per heavy atom. The van der Waals surface area contributed by atoms with Gasteiger partial charge in [-0.2, -0.15) is 5.10 Å². The molecule has 4 aromatic rings. The standard InChI is InChI=1S/C20H15Cl2N3O2S/c1-11-15-10-18(19(26)23-16-9-13(22)5-8-17(16)27-2)28-20(15)25(24-11)14-6-3-12(21)4-7-14/h3-10H,1-2H3,(H,23,26). The van der Waals surface area contributed by atoms with Gasteiger partial charge in [0.15, 0.2) is 0 Å². The number of benzene rings is 2. The highest BCUT2D eigenvalue weighted by molar-refractivity contribution is 7.20. The van der Waals surface area contributed by atoms with Crippen LogP contribution in [0.2, 0.25) is 10.0 Å². The third kappa shape index (κ3) is 3.46. The molecule has 1 N–H and O–H groups in total. The van der Waals surface area contributed by atoms with Crippen LogP contribution in [0, 0.1) is 6.92 Å². The molecule has 1 amide bonds. The SMILES string of the molecule is COc1ccc(Cl)cc1NC(=O)c1cc2c(C)nn(-c3ccc(Cl)cc3)c2s1. The van der Waals surface area contributed by atoms with E-state index in [1.165, 1.54) is 11.3 Å². The first-order valence-corrected chi connectivity index (χ1v) is 9.93. The molecule has 0 aliphatic rings. The maximum atomic E-state index is 12.8. The highest BCUT2D eigenvalue weighted by Gasteiger charge is 2.18. The number of amides is 1. The summed E-state index contributed by atoms with van der Waals surface area (Å²) in [6, 6.07) is 14.3. The molecule has 2 aromatic carbocycles. The van der Waals surface area contributed by atoms with Gasteiger partial charge in [0.1, 0.15) is 10.6 Å². The zero-order valence-corrected chi connectivity index (χ0v) is 17.3. The van der Waals surface area contributed by atoms with E-state index >= 15 is 0 Å². The first-order valence-electron chi connectivity index (χ1n) is 8.36. The molecule has 0 saturated carbocycles. The van der Waals surface area contributed by atoms with Crippen LogP contribution in [0.1, 0.15) is 15.4 Å². The van der Waals surface area contributed by atoms with Gasteiger partial charge < -0.3 is 10.1 Å². The molecule has 0 aliphatic heterocycles. The minimum Gasteiger partial charge on any atom is -0.495 e. The summed E-state index contributed by atoms with van der Waals surface area (Å²) in [7, 11) is 1.54. The lowest BCUT2D eigenvalue weighted by Gasteiger charge is -2.09. The van der Waals surface area contributed by atoms with Crippen LogP contribution < -0.4 is 10.1 Å². The number of fused-ring (bicyclic) bond motifs is 1. The number of anilines is 1. The second-order valence-electron chi connectivity index (χ2n) is 6.10. The zero-order valence-electron chi connectivity index (χ0n) is 15.0. The van der Waals surface area contributed by atoms with E-state index in [4.69, 9.17) is 27.9 Å². The molecule has 0 radical (unpaired) electrons. The molecular weight excluding hydrogens is 417 g/mol. The van der Waals surface area contributed by atoms with Crippen LogP contribution in [0.25, 0.3) is 15.9 Å². The predicted molar refractivity (Wildman–Crippen MR) is 115 cm³/mol. The van der Waals surface area contributed by atoms with Crippen molar-refractivity contribution in [3.63, 3.8) is 0 Å². The summed E-state index contributed by atoms with van der Waals surface area (Å²) in [6.07, 6.45) is 0. The molecule has 2 heterocycles. The number of hydrogen-bond donors (Lipinski definition) is 1. The molecule has 0 spiro atoms. The van der Waals surface area contributed by atoms with Crippen LogP contribution in [0.4, 0.5) is 5.69 Å². The maximum Gasteiger partial charge on any atom is 0.265 e. The van der Waals surface area contributed by atoms with Gasteiger partial charge >= 0.3 is 0 Å². The number of aryl methyl sites for hydroxylation is 1. The van der Waals surface area contributed by atoms with Crippen LogP contribution in [-0.2, 0) is 0 Å². The van der Waals surface area contributed by atoms with E-state index in [0.29, 0.717) is 26.4 Å². The number of methoxy groups -OCH3 is 1. The van der Waals surface area contributed by atoms with Crippen molar-refractivity contribution < 1.29 is 9.53 Å². The predicted octanol–water partition coefficient (Wildman–Crippen LogP) is 5.96. The number of thiophene rings is 1. The van der Waals surface area contributed by atoms with E-state index in [0.717, 1.165) is 21.6 Å². The Morgan fingerprint density at radius 2 is 1.82 bits per heavy atom. The van der Waals surface area contributed by atoms with Crippen molar-refractivity contribution in [2.75, 3.05) is 12.4 Å². The number of nitrogens with one attached hydrogen (secondary N) is 1. The van der Waals surface area contributed by atoms with Crippen molar-refractivity contribution in [1.29, 1.82) is 0 Å². The van der Waals surface area contributed by atoms with Crippen molar-refractivity contribution in [2.45, 2.75) is 6.92 Å². The number of carbonyl (C=O) groups excluding carboxylic acids is 1. The van der Waals surface area contributed by atoms with Crippen molar-refractivity contribution >= 4 is 56.3 Å². The lowest BCUT2D eigenvalue weighted by Crippen LogP contribution is -2.11. The molecule has 8 heteroatoms. The van der Waals surface area contributed by atoms with Crippen LogP contribution in [0.15, 0.2) is 48.5 Å². The van der Waals surface area contributed by atoms with E-state index in [-0.39, 0.29) is 5.91 Å². The minimum absolute atomic E-state index is 0.233. The fraction of sp³-hybridized carbons (Fsp3) is 0.100. The molecule has 0 atom stereocenters. The van der Waals surface area contributed by atoms with Crippen LogP contribution >= 0.6 is 34.5 Å². The summed E-state index contributed by atoms with van der Waals surface area (Å²) >= 11 is 13.4. The lowest BCUT2D eigenvalue weighted by atomic mass is 10.2. The number of ether oxygens (including phenoxy) is 1. The Morgan fingerprint density at radius 1 is 1.11 bits per heavy atom. The Hall–Kier alpha value is -2.54. The molecule has 142 valence electrons. The Labute approximate surface area is 175 Å². The lowest BCUT2D eigenvalue weighted by molar-refractivity contribution is 0.103. The van der Waals surface area contributed by atoms with Gasteiger partial charge in [0.25, 0.3) is 5.91 Å². The summed E-state index contributed by atoms with van der Waals surface area (Å²) in [5.74, 6) is 0.311. The van der Waals surface area contributed by atoms with Gasteiger partial charge in [-0.15, -0.1) is 11.3 Å². The van der Waals surface area contributed by atoms with E-state index in [1.807, 2.05) is 41.9 Å². The van der Waals surface area contributed by atoms with Crippen molar-refractivity contribution in [1.82, 2.24) is 9.78 Å². The smallest absolute Gasteiger partial charge is 0.265 e. The van der Waals surface area contributed by atoms with Gasteiger partial charge in [0, 0.05) is 15.4 Å². The molecule has 5 nitrogen and oxygen atoms in total. The molecule has 0 fully saturated rings. The van der Waals surface area contributed by atoms with Crippen molar-refractivity contribution in [3.8, 4) is 11.4 Å². The van der Waals surface area contributed by atoms with E-state index < -0.39 is 0 Å². The Balaban J connectivity index is 1.70. The number of aromatic nitrogens is 2. The van der Waals surface area contributed by atoms with Gasteiger partial charge in [-0.1, -0.05) is 23.2 Å². The number of hydrogen-bond acceptors (Lipinski definition) is 4. The van der Waals surface area contributed by atoms with Crippen molar-refractivity contribution in [2.24, 2.45) is 0 Å². The van der Waals surface area contributed by atoms with Gasteiger partial charge in [-0.3, -0.25) is 4.79 Å². The molecule has 0 aliphatic carbocycles. The van der Waals surface area contributed by atoms with Gasteiger partial charge in [0.2, 0.25) is 0 Å². The maximum absolute atomic E-state index is 12.8. The monoisotopic (exact) mass is 431 g/mol. The normalized spacial score (nSPS) is 11.0. The summed E-state index contributed by atoms with van der Waals surface area (Å²) < 4.78 is 7.11. The number of nitrogens with zero attached hydrogens (tertiary/aromatic N) is 2. The van der Waals surface area contributed by atoms with E-state index in [1.54, 1.807) is 25.3 Å². The average Bonchev–Trinajstić information content (AvgIpc) is 3.24. The third-order valence-electron chi connectivity index (χ3n) is 4.25. The number of carbonyl (C=O) groups is 1. The summed E-state index contributed by atoms with van der Waals surface area (Å²) in [6.45, 7) is 1.92. The van der Waals surface area contributed by atoms with Crippen molar-refractivity contribution in [3.05, 3.63) is 69.1 Å². The molecule has 4 rings (SSSR count). The van der Waals surface area contributed by atoms with Crippen LogP contribution in [0.5, 0.6) is 5.75 Å². The fourth-order valence-corrected chi connectivity index (χ4v) is 4.25. The van der Waals surface area contributed by atoms with E-state index in [2.05, 4.69) is 10.4 Å². The second kappa shape index (κ2) is 7.47. The zero-order chi connectivity index (χ0) is 19.8. The summed E-state index contributed by atoms with van der Waals surface area (Å²) in [5.41, 5.74) is 2.25. The quantitative estimate of drug-likeness (QED) is 0.433. The highest BCUT2D eigenvalue weighted by atomic mass is 35.5. The first-order chi connectivity index (χ1) is 13.5. The minimum atomic E-state index is -0.233. The van der Waals surface area contributed by atoms with Gasteiger partial charge in [-0.25, -0.2) is 4.68 Å². The third-order valence-corrected chi connectivity index (χ3v) is 5.85. The molecule has 0 saturated heterocycles.